The average molecular weight is 265 g/mol. The van der Waals surface area contributed by atoms with Gasteiger partial charge in [-0.3, -0.25) is 10.1 Å². The predicted molar refractivity (Wildman–Crippen MR) is 69.0 cm³/mol. The lowest BCUT2D eigenvalue weighted by Crippen LogP contribution is -1.93. The van der Waals surface area contributed by atoms with Crippen LogP contribution in [0.4, 0.5) is 11.4 Å². The Balaban J connectivity index is 2.30. The van der Waals surface area contributed by atoms with Crippen molar-refractivity contribution in [2.24, 2.45) is 0 Å². The van der Waals surface area contributed by atoms with Crippen molar-refractivity contribution in [1.29, 1.82) is 0 Å². The van der Waals surface area contributed by atoms with E-state index in [0.29, 0.717) is 17.2 Å². The molecule has 0 fully saturated rings. The molecule has 0 amide bonds. The number of nitro groups is 1. The van der Waals surface area contributed by atoms with E-state index in [1.165, 1.54) is 18.2 Å². The summed E-state index contributed by atoms with van der Waals surface area (Å²) >= 11 is 5.91. The Kier molecular flexibility index (Phi) is 3.34. The van der Waals surface area contributed by atoms with Crippen molar-refractivity contribution in [3.63, 3.8) is 0 Å². The third-order valence-corrected chi connectivity index (χ3v) is 2.56. The number of nitrogens with two attached hydrogens (primary N) is 1. The van der Waals surface area contributed by atoms with E-state index in [-0.39, 0.29) is 10.7 Å². The SMILES string of the molecule is Nc1ccccc1Oc1ccc([N+](=O)[O-])cc1Cl. The van der Waals surface area contributed by atoms with Crippen molar-refractivity contribution in [1.82, 2.24) is 0 Å². The Morgan fingerprint density at radius 1 is 1.17 bits per heavy atom. The Labute approximate surface area is 108 Å². The van der Waals surface area contributed by atoms with Crippen LogP contribution in [0, 0.1) is 10.1 Å². The topological polar surface area (TPSA) is 78.4 Å². The van der Waals surface area contributed by atoms with Gasteiger partial charge >= 0.3 is 0 Å². The van der Waals surface area contributed by atoms with Crippen LogP contribution in [0.1, 0.15) is 0 Å². The number of rotatable bonds is 3. The number of benzene rings is 2. The molecule has 2 rings (SSSR count). The summed E-state index contributed by atoms with van der Waals surface area (Å²) in [5.41, 5.74) is 6.10. The van der Waals surface area contributed by atoms with Crippen molar-refractivity contribution >= 4 is 23.0 Å². The summed E-state index contributed by atoms with van der Waals surface area (Å²) in [5, 5.41) is 10.7. The fourth-order valence-corrected chi connectivity index (χ4v) is 1.59. The van der Waals surface area contributed by atoms with E-state index in [1.807, 2.05) is 0 Å². The first-order valence-electron chi connectivity index (χ1n) is 5.04. The number of halogens is 1. The molecule has 0 bridgehead atoms. The minimum Gasteiger partial charge on any atom is -0.454 e. The zero-order valence-corrected chi connectivity index (χ0v) is 9.92. The van der Waals surface area contributed by atoms with Crippen LogP contribution in [0.25, 0.3) is 0 Å². The van der Waals surface area contributed by atoms with Gasteiger partial charge in [0, 0.05) is 12.1 Å². The molecule has 0 aliphatic heterocycles. The average Bonchev–Trinajstić information content (AvgIpc) is 2.34. The molecule has 92 valence electrons. The number of para-hydroxylation sites is 2. The van der Waals surface area contributed by atoms with Gasteiger partial charge in [0.1, 0.15) is 11.5 Å². The molecule has 2 aromatic carbocycles. The molecule has 0 unspecified atom stereocenters. The Hall–Kier alpha value is -2.27. The van der Waals surface area contributed by atoms with Gasteiger partial charge in [-0.05, 0) is 18.2 Å². The summed E-state index contributed by atoms with van der Waals surface area (Å²) in [7, 11) is 0. The predicted octanol–water partition coefficient (Wildman–Crippen LogP) is 3.62. The maximum absolute atomic E-state index is 10.6. The van der Waals surface area contributed by atoms with E-state index in [9.17, 15) is 10.1 Å². The van der Waals surface area contributed by atoms with Crippen LogP contribution >= 0.6 is 11.6 Å². The molecule has 0 spiro atoms. The van der Waals surface area contributed by atoms with Crippen LogP contribution in [-0.2, 0) is 0 Å². The van der Waals surface area contributed by atoms with E-state index in [4.69, 9.17) is 22.1 Å². The zero-order valence-electron chi connectivity index (χ0n) is 9.17. The van der Waals surface area contributed by atoms with Gasteiger partial charge in [-0.1, -0.05) is 23.7 Å². The monoisotopic (exact) mass is 264 g/mol. The second kappa shape index (κ2) is 4.93. The minimum atomic E-state index is -0.521. The van der Waals surface area contributed by atoms with Gasteiger partial charge in [0.05, 0.1) is 15.6 Å². The Morgan fingerprint density at radius 3 is 2.50 bits per heavy atom. The highest BCUT2D eigenvalue weighted by Gasteiger charge is 2.11. The summed E-state index contributed by atoms with van der Waals surface area (Å²) in [5.74, 6) is 0.772. The lowest BCUT2D eigenvalue weighted by Gasteiger charge is -2.09. The fourth-order valence-electron chi connectivity index (χ4n) is 1.38. The van der Waals surface area contributed by atoms with Crippen molar-refractivity contribution in [3.05, 3.63) is 57.6 Å². The van der Waals surface area contributed by atoms with Crippen LogP contribution in [0.2, 0.25) is 5.02 Å². The maximum atomic E-state index is 10.6. The third kappa shape index (κ3) is 2.52. The van der Waals surface area contributed by atoms with E-state index in [1.54, 1.807) is 24.3 Å². The molecule has 0 atom stereocenters. The Bertz CT molecular complexity index is 602. The molecule has 18 heavy (non-hydrogen) atoms. The van der Waals surface area contributed by atoms with Crippen LogP contribution in [0.5, 0.6) is 11.5 Å². The third-order valence-electron chi connectivity index (χ3n) is 2.27. The lowest BCUT2D eigenvalue weighted by molar-refractivity contribution is -0.384. The second-order valence-electron chi connectivity index (χ2n) is 3.51. The number of hydrogen-bond acceptors (Lipinski definition) is 4. The van der Waals surface area contributed by atoms with Crippen molar-refractivity contribution in [2.45, 2.75) is 0 Å². The van der Waals surface area contributed by atoms with Crippen LogP contribution in [0.3, 0.4) is 0 Å². The Morgan fingerprint density at radius 2 is 1.89 bits per heavy atom. The molecule has 0 heterocycles. The van der Waals surface area contributed by atoms with Crippen LogP contribution in [0.15, 0.2) is 42.5 Å². The number of nitrogen functional groups attached to an aromatic ring is 1. The number of nitro benzene ring substituents is 1. The molecule has 2 N–H and O–H groups in total. The molecular formula is C12H9ClN2O3. The number of hydrogen-bond donors (Lipinski definition) is 1. The van der Waals surface area contributed by atoms with Gasteiger partial charge in [-0.25, -0.2) is 0 Å². The fraction of sp³-hybridized carbons (Fsp3) is 0. The highest BCUT2D eigenvalue weighted by atomic mass is 35.5. The molecule has 0 saturated heterocycles. The molecule has 0 aliphatic carbocycles. The normalized spacial score (nSPS) is 10.1. The van der Waals surface area contributed by atoms with Crippen LogP contribution in [-0.4, -0.2) is 4.92 Å². The summed E-state index contributed by atoms with van der Waals surface area (Å²) in [6.45, 7) is 0. The lowest BCUT2D eigenvalue weighted by atomic mass is 10.3. The highest BCUT2D eigenvalue weighted by molar-refractivity contribution is 6.32. The van der Waals surface area contributed by atoms with E-state index in [0.717, 1.165) is 0 Å². The number of nitrogens with zero attached hydrogens (tertiary/aromatic N) is 1. The number of ether oxygens (including phenoxy) is 1. The molecule has 0 aliphatic rings. The van der Waals surface area contributed by atoms with Gasteiger partial charge in [0.2, 0.25) is 0 Å². The van der Waals surface area contributed by atoms with Crippen LogP contribution < -0.4 is 10.5 Å². The molecule has 0 saturated carbocycles. The van der Waals surface area contributed by atoms with Crippen molar-refractivity contribution < 1.29 is 9.66 Å². The van der Waals surface area contributed by atoms with Gasteiger partial charge in [-0.2, -0.15) is 0 Å². The minimum absolute atomic E-state index is 0.0895. The first kappa shape index (κ1) is 12.2. The summed E-state index contributed by atoms with van der Waals surface area (Å²) in [6.07, 6.45) is 0. The van der Waals surface area contributed by atoms with Crippen molar-refractivity contribution in [2.75, 3.05) is 5.73 Å². The summed E-state index contributed by atoms with van der Waals surface area (Å²) in [4.78, 5) is 10.0. The summed E-state index contributed by atoms with van der Waals surface area (Å²) in [6, 6.07) is 10.9. The zero-order chi connectivity index (χ0) is 13.1. The van der Waals surface area contributed by atoms with Gasteiger partial charge in [-0.15, -0.1) is 0 Å². The highest BCUT2D eigenvalue weighted by Crippen LogP contribution is 2.34. The molecular weight excluding hydrogens is 256 g/mol. The van der Waals surface area contributed by atoms with E-state index < -0.39 is 4.92 Å². The second-order valence-corrected chi connectivity index (χ2v) is 3.92. The standard InChI is InChI=1S/C12H9ClN2O3/c13-9-7-8(15(16)17)5-6-11(9)18-12-4-2-1-3-10(12)14/h1-7H,14H2. The van der Waals surface area contributed by atoms with Gasteiger partial charge in [0.25, 0.3) is 5.69 Å². The first-order valence-corrected chi connectivity index (χ1v) is 5.42. The molecule has 0 radical (unpaired) electrons. The number of anilines is 1. The van der Waals surface area contributed by atoms with Crippen molar-refractivity contribution in [3.8, 4) is 11.5 Å². The first-order chi connectivity index (χ1) is 8.58. The maximum Gasteiger partial charge on any atom is 0.271 e. The van der Waals surface area contributed by atoms with Gasteiger partial charge < -0.3 is 10.5 Å². The summed E-state index contributed by atoms with van der Waals surface area (Å²) < 4.78 is 5.50. The number of non-ortho nitro benzene ring substituents is 1. The van der Waals surface area contributed by atoms with E-state index in [2.05, 4.69) is 0 Å². The smallest absolute Gasteiger partial charge is 0.271 e. The molecule has 6 heteroatoms. The largest absolute Gasteiger partial charge is 0.454 e. The van der Waals surface area contributed by atoms with E-state index >= 15 is 0 Å². The molecule has 5 nitrogen and oxygen atoms in total. The molecule has 0 aromatic heterocycles. The van der Waals surface area contributed by atoms with Gasteiger partial charge in [0.15, 0.2) is 0 Å². The quantitative estimate of drug-likeness (QED) is 0.522. The molecule has 2 aromatic rings.